The lowest BCUT2D eigenvalue weighted by atomic mass is 9.54. The molecule has 0 heterocycles. The first-order chi connectivity index (χ1) is 25.7. The van der Waals surface area contributed by atoms with E-state index in [0.717, 1.165) is 47.1 Å². The van der Waals surface area contributed by atoms with Crippen LogP contribution in [-0.4, -0.2) is 49.1 Å². The van der Waals surface area contributed by atoms with Crippen LogP contribution in [-0.2, 0) is 29.8 Å². The second kappa shape index (κ2) is 15.1. The Labute approximate surface area is 311 Å². The summed E-state index contributed by atoms with van der Waals surface area (Å²) in [5.74, 6) is -0.301. The van der Waals surface area contributed by atoms with Gasteiger partial charge in [-0.05, 0) is 90.5 Å². The maximum Gasteiger partial charge on any atom is 0.407 e. The topological polar surface area (TPSA) is 108 Å². The van der Waals surface area contributed by atoms with Crippen molar-refractivity contribution in [3.63, 3.8) is 0 Å². The molecule has 4 saturated carbocycles. The van der Waals surface area contributed by atoms with Crippen LogP contribution in [0.25, 0.3) is 11.1 Å². The lowest BCUT2D eigenvalue weighted by Crippen LogP contribution is -2.52. The number of hydrogen-bond acceptors (Lipinski definition) is 7. The molecule has 0 spiro atoms. The Bertz CT molecular complexity index is 1930. The zero-order chi connectivity index (χ0) is 36.4. The first-order valence-corrected chi connectivity index (χ1v) is 20.9. The van der Waals surface area contributed by atoms with Crippen LogP contribution >= 0.6 is 7.37 Å². The van der Waals surface area contributed by atoms with Gasteiger partial charge < -0.3 is 19.3 Å². The third-order valence-electron chi connectivity index (χ3n) is 11.7. The molecule has 5 aliphatic rings. The molecule has 4 aromatic carbocycles. The summed E-state index contributed by atoms with van der Waals surface area (Å²) in [6.07, 6.45) is 5.23. The van der Waals surface area contributed by atoms with Gasteiger partial charge in [-0.25, -0.2) is 4.79 Å². The zero-order valence-corrected chi connectivity index (χ0v) is 30.8. The van der Waals surface area contributed by atoms with Gasteiger partial charge in [0.05, 0.1) is 17.8 Å². The number of carbonyl (C=O) groups is 3. The lowest BCUT2D eigenvalue weighted by Gasteiger charge is -2.56. The van der Waals surface area contributed by atoms with Gasteiger partial charge in [0.15, 0.2) is 12.4 Å². The van der Waals surface area contributed by atoms with Crippen LogP contribution in [0.5, 0.6) is 0 Å². The van der Waals surface area contributed by atoms with E-state index in [1.165, 1.54) is 19.3 Å². The summed E-state index contributed by atoms with van der Waals surface area (Å²) in [5.41, 5.74) is 5.24. The van der Waals surface area contributed by atoms with Crippen molar-refractivity contribution in [3.05, 3.63) is 131 Å². The van der Waals surface area contributed by atoms with Crippen LogP contribution < -0.4 is 5.32 Å². The van der Waals surface area contributed by atoms with Crippen molar-refractivity contribution >= 4 is 25.2 Å². The van der Waals surface area contributed by atoms with Gasteiger partial charge in [0.25, 0.3) is 0 Å². The highest BCUT2D eigenvalue weighted by atomic mass is 31.2. The number of alkyl carbamates (subject to hydrolysis) is 1. The fourth-order valence-corrected chi connectivity index (χ4v) is 12.4. The maximum atomic E-state index is 15.3. The molecule has 4 bridgehead atoms. The molecule has 0 saturated heterocycles. The fourth-order valence-electron chi connectivity index (χ4n) is 9.88. The molecule has 0 aliphatic heterocycles. The molecule has 8 nitrogen and oxygen atoms in total. The first-order valence-electron chi connectivity index (χ1n) is 18.9. The average molecular weight is 732 g/mol. The summed E-state index contributed by atoms with van der Waals surface area (Å²) in [6, 6.07) is 34.5. The molecule has 1 N–H and O–H groups in total. The highest BCUT2D eigenvalue weighted by Gasteiger charge is 2.54. The molecular weight excluding hydrogens is 685 g/mol. The van der Waals surface area contributed by atoms with Gasteiger partial charge in [0.1, 0.15) is 6.61 Å². The quantitative estimate of drug-likeness (QED) is 0.0784. The molecule has 5 aliphatic carbocycles. The van der Waals surface area contributed by atoms with E-state index in [1.54, 1.807) is 24.3 Å². The standard InChI is InChI=1S/C44H46NO7P/c46-41(34-13-5-2-6-14-34)27-50-42(47)35(22-30-11-3-1-4-12-30)28-53(49,52-44-23-31-19-32(24-44)21-33(20-31)25-44)29-45-43(48)51-26-40-38-17-9-7-15-36(38)37-16-8-10-18-39(37)40/h1-18,31-33,35,40H,19-29H2,(H,45,48). The Kier molecular flexibility index (Phi) is 10.1. The molecule has 274 valence electrons. The minimum absolute atomic E-state index is 0.119. The van der Waals surface area contributed by atoms with Crippen molar-refractivity contribution in [2.75, 3.05) is 25.7 Å². The molecule has 53 heavy (non-hydrogen) atoms. The van der Waals surface area contributed by atoms with Gasteiger partial charge in [-0.1, -0.05) is 109 Å². The molecule has 9 heteroatoms. The van der Waals surface area contributed by atoms with E-state index in [4.69, 9.17) is 14.0 Å². The van der Waals surface area contributed by atoms with Gasteiger partial charge in [0.2, 0.25) is 7.37 Å². The number of carbonyl (C=O) groups excluding carboxylic acids is 3. The van der Waals surface area contributed by atoms with Crippen LogP contribution in [0.1, 0.15) is 71.5 Å². The zero-order valence-electron chi connectivity index (χ0n) is 29.9. The number of benzene rings is 4. The predicted octanol–water partition coefficient (Wildman–Crippen LogP) is 9.03. The van der Waals surface area contributed by atoms with E-state index < -0.39 is 37.6 Å². The van der Waals surface area contributed by atoms with Crippen molar-refractivity contribution < 1.29 is 32.9 Å². The van der Waals surface area contributed by atoms with Crippen molar-refractivity contribution in [2.45, 2.75) is 56.5 Å². The van der Waals surface area contributed by atoms with Crippen molar-refractivity contribution in [2.24, 2.45) is 23.7 Å². The molecule has 2 unspecified atom stereocenters. The summed E-state index contributed by atoms with van der Waals surface area (Å²) in [7, 11) is -3.73. The van der Waals surface area contributed by atoms with Gasteiger partial charge in [0, 0.05) is 17.6 Å². The van der Waals surface area contributed by atoms with E-state index in [2.05, 4.69) is 29.6 Å². The molecular formula is C44H46NO7P. The number of amides is 1. The monoisotopic (exact) mass is 731 g/mol. The number of rotatable bonds is 14. The SMILES string of the molecule is O=C(NCP(=O)(CC(Cc1ccccc1)C(=O)OCC(=O)c1ccccc1)OC12CC3CC(CC(C3)C1)C2)OCC1c2ccccc2-c2ccccc21. The smallest absolute Gasteiger partial charge is 0.407 e. The molecule has 4 aromatic rings. The Hall–Kier alpha value is -4.52. The van der Waals surface area contributed by atoms with Gasteiger partial charge in [-0.2, -0.15) is 0 Å². The molecule has 2 atom stereocenters. The van der Waals surface area contributed by atoms with Gasteiger partial charge in [-0.3, -0.25) is 14.2 Å². The van der Waals surface area contributed by atoms with E-state index in [0.29, 0.717) is 23.3 Å². The number of Topliss-reactive ketones (excluding diaryl/α,β-unsaturated/α-hetero) is 1. The molecule has 4 fully saturated rings. The normalized spacial score (nSPS) is 24.0. The summed E-state index contributed by atoms with van der Waals surface area (Å²) >= 11 is 0. The Morgan fingerprint density at radius 1 is 0.717 bits per heavy atom. The van der Waals surface area contributed by atoms with E-state index in [1.807, 2.05) is 60.7 Å². The van der Waals surface area contributed by atoms with Gasteiger partial charge >= 0.3 is 12.1 Å². The second-order valence-electron chi connectivity index (χ2n) is 15.6. The van der Waals surface area contributed by atoms with Crippen LogP contribution in [0.3, 0.4) is 0 Å². The molecule has 1 amide bonds. The van der Waals surface area contributed by atoms with Crippen molar-refractivity contribution in [1.29, 1.82) is 0 Å². The Balaban J connectivity index is 1.00. The minimum atomic E-state index is -3.73. The second-order valence-corrected chi connectivity index (χ2v) is 18.1. The largest absolute Gasteiger partial charge is 0.457 e. The van der Waals surface area contributed by atoms with E-state index in [9.17, 15) is 14.4 Å². The van der Waals surface area contributed by atoms with Crippen LogP contribution in [0.15, 0.2) is 109 Å². The molecule has 9 rings (SSSR count). The molecule has 0 radical (unpaired) electrons. The number of hydrogen-bond donors (Lipinski definition) is 1. The third-order valence-corrected chi connectivity index (χ3v) is 14.1. The van der Waals surface area contributed by atoms with Gasteiger partial charge in [-0.15, -0.1) is 0 Å². The average Bonchev–Trinajstić information content (AvgIpc) is 3.48. The van der Waals surface area contributed by atoms with E-state index >= 15 is 4.57 Å². The van der Waals surface area contributed by atoms with Crippen LogP contribution in [0, 0.1) is 23.7 Å². The van der Waals surface area contributed by atoms with Crippen LogP contribution in [0.2, 0.25) is 0 Å². The number of fused-ring (bicyclic) bond motifs is 3. The number of nitrogens with one attached hydrogen (secondary N) is 1. The Morgan fingerprint density at radius 3 is 1.87 bits per heavy atom. The molecule has 0 aromatic heterocycles. The summed E-state index contributed by atoms with van der Waals surface area (Å²) < 4.78 is 33.6. The lowest BCUT2D eigenvalue weighted by molar-refractivity contribution is -0.146. The highest BCUT2D eigenvalue weighted by Crippen LogP contribution is 2.63. The Morgan fingerprint density at radius 2 is 1.26 bits per heavy atom. The number of ether oxygens (including phenoxy) is 2. The van der Waals surface area contributed by atoms with Crippen molar-refractivity contribution in [3.8, 4) is 11.1 Å². The fraction of sp³-hybridized carbons (Fsp3) is 0.386. The first kappa shape index (κ1) is 35.5. The van der Waals surface area contributed by atoms with E-state index in [-0.39, 0.29) is 37.2 Å². The summed E-state index contributed by atoms with van der Waals surface area (Å²) in [5, 5.41) is 2.80. The third kappa shape index (κ3) is 7.90. The summed E-state index contributed by atoms with van der Waals surface area (Å²) in [6.45, 7) is -0.301. The minimum Gasteiger partial charge on any atom is -0.457 e. The highest BCUT2D eigenvalue weighted by molar-refractivity contribution is 7.59. The van der Waals surface area contributed by atoms with Crippen molar-refractivity contribution in [1.82, 2.24) is 5.32 Å². The number of esters is 1. The number of ketones is 1. The predicted molar refractivity (Wildman–Crippen MR) is 203 cm³/mol. The summed E-state index contributed by atoms with van der Waals surface area (Å²) in [4.78, 5) is 40.2. The maximum absolute atomic E-state index is 15.3. The van der Waals surface area contributed by atoms with Crippen LogP contribution in [0.4, 0.5) is 4.79 Å².